The van der Waals surface area contributed by atoms with E-state index in [1.54, 1.807) is 16.8 Å². The second-order valence-corrected chi connectivity index (χ2v) is 4.74. The number of hydrogen-bond acceptors (Lipinski definition) is 5. The Morgan fingerprint density at radius 1 is 1.26 bits per heavy atom. The molecule has 2 aromatic rings. The standard InChI is InChI=1S/C14H18N2O2S/c1-2-17-14-7-11(5-6-15)3-4-13(14)18-8-12-9-19-10-16-12/h3-4,7,9-10H,2,5-6,8,15H2,1H3. The number of rotatable bonds is 7. The summed E-state index contributed by atoms with van der Waals surface area (Å²) in [7, 11) is 0. The summed E-state index contributed by atoms with van der Waals surface area (Å²) in [5.41, 5.74) is 9.45. The molecule has 0 aliphatic rings. The zero-order chi connectivity index (χ0) is 13.5. The highest BCUT2D eigenvalue weighted by Crippen LogP contribution is 2.29. The number of thiazole rings is 1. The van der Waals surface area contributed by atoms with Crippen LogP contribution in [-0.2, 0) is 13.0 Å². The lowest BCUT2D eigenvalue weighted by atomic mass is 10.1. The number of ether oxygens (including phenoxy) is 2. The van der Waals surface area contributed by atoms with E-state index in [0.717, 1.165) is 29.2 Å². The lowest BCUT2D eigenvalue weighted by Crippen LogP contribution is -2.04. The Hall–Kier alpha value is -1.59. The van der Waals surface area contributed by atoms with Crippen molar-refractivity contribution in [3.05, 3.63) is 40.3 Å². The van der Waals surface area contributed by atoms with Crippen LogP contribution in [0.3, 0.4) is 0 Å². The number of benzene rings is 1. The van der Waals surface area contributed by atoms with Gasteiger partial charge in [0.25, 0.3) is 0 Å². The maximum absolute atomic E-state index is 5.76. The highest BCUT2D eigenvalue weighted by atomic mass is 32.1. The first kappa shape index (κ1) is 13.8. The minimum absolute atomic E-state index is 0.458. The first-order valence-electron chi connectivity index (χ1n) is 6.29. The Morgan fingerprint density at radius 2 is 2.16 bits per heavy atom. The highest BCUT2D eigenvalue weighted by molar-refractivity contribution is 7.07. The van der Waals surface area contributed by atoms with Gasteiger partial charge in [-0.25, -0.2) is 4.98 Å². The maximum atomic E-state index is 5.76. The molecule has 0 bridgehead atoms. The lowest BCUT2D eigenvalue weighted by molar-refractivity contribution is 0.266. The summed E-state index contributed by atoms with van der Waals surface area (Å²) >= 11 is 1.56. The van der Waals surface area contributed by atoms with Gasteiger partial charge in [-0.05, 0) is 37.6 Å². The first-order valence-corrected chi connectivity index (χ1v) is 7.23. The van der Waals surface area contributed by atoms with Gasteiger partial charge in [0.2, 0.25) is 0 Å². The fourth-order valence-electron chi connectivity index (χ4n) is 1.72. The van der Waals surface area contributed by atoms with Gasteiger partial charge in [-0.15, -0.1) is 11.3 Å². The normalized spacial score (nSPS) is 10.4. The van der Waals surface area contributed by atoms with Crippen LogP contribution in [0, 0.1) is 0 Å². The number of nitrogens with two attached hydrogens (primary N) is 1. The van der Waals surface area contributed by atoms with E-state index in [-0.39, 0.29) is 0 Å². The molecule has 2 rings (SSSR count). The zero-order valence-electron chi connectivity index (χ0n) is 11.0. The van der Waals surface area contributed by atoms with Gasteiger partial charge in [-0.1, -0.05) is 6.07 Å². The van der Waals surface area contributed by atoms with Crippen molar-refractivity contribution in [2.75, 3.05) is 13.2 Å². The number of hydrogen-bond donors (Lipinski definition) is 1. The van der Waals surface area contributed by atoms with Gasteiger partial charge in [0.15, 0.2) is 11.5 Å². The largest absolute Gasteiger partial charge is 0.490 e. The molecule has 5 heteroatoms. The summed E-state index contributed by atoms with van der Waals surface area (Å²) in [5, 5.41) is 1.98. The lowest BCUT2D eigenvalue weighted by Gasteiger charge is -2.12. The van der Waals surface area contributed by atoms with Gasteiger partial charge in [0.1, 0.15) is 6.61 Å². The molecule has 102 valence electrons. The summed E-state index contributed by atoms with van der Waals surface area (Å²) in [6.45, 7) is 3.66. The molecule has 0 amide bonds. The average Bonchev–Trinajstić information content (AvgIpc) is 2.92. The molecule has 0 aliphatic heterocycles. The van der Waals surface area contributed by atoms with E-state index in [4.69, 9.17) is 15.2 Å². The Morgan fingerprint density at radius 3 is 2.84 bits per heavy atom. The minimum atomic E-state index is 0.458. The van der Waals surface area contributed by atoms with Crippen LogP contribution in [-0.4, -0.2) is 18.1 Å². The molecule has 0 saturated heterocycles. The van der Waals surface area contributed by atoms with Crippen LogP contribution in [0.1, 0.15) is 18.2 Å². The minimum Gasteiger partial charge on any atom is -0.490 e. The second kappa shape index (κ2) is 7.11. The third-order valence-corrected chi connectivity index (χ3v) is 3.24. The molecule has 0 unspecified atom stereocenters. The van der Waals surface area contributed by atoms with E-state index >= 15 is 0 Å². The van der Waals surface area contributed by atoms with Crippen molar-refractivity contribution >= 4 is 11.3 Å². The molecule has 0 spiro atoms. The van der Waals surface area contributed by atoms with Crippen LogP contribution in [0.15, 0.2) is 29.1 Å². The van der Waals surface area contributed by atoms with Crippen LogP contribution < -0.4 is 15.2 Å². The third-order valence-electron chi connectivity index (χ3n) is 2.60. The quantitative estimate of drug-likeness (QED) is 0.846. The predicted molar refractivity (Wildman–Crippen MR) is 76.8 cm³/mol. The first-order chi connectivity index (χ1) is 9.33. The van der Waals surface area contributed by atoms with Crippen LogP contribution in [0.4, 0.5) is 0 Å². The second-order valence-electron chi connectivity index (χ2n) is 4.02. The maximum Gasteiger partial charge on any atom is 0.161 e. The van der Waals surface area contributed by atoms with Crippen molar-refractivity contribution in [1.82, 2.24) is 4.98 Å². The zero-order valence-corrected chi connectivity index (χ0v) is 11.8. The van der Waals surface area contributed by atoms with Crippen molar-refractivity contribution in [1.29, 1.82) is 0 Å². The van der Waals surface area contributed by atoms with Gasteiger partial charge in [-0.2, -0.15) is 0 Å². The van der Waals surface area contributed by atoms with Crippen molar-refractivity contribution in [3.8, 4) is 11.5 Å². The molecule has 4 nitrogen and oxygen atoms in total. The van der Waals surface area contributed by atoms with E-state index in [0.29, 0.717) is 19.8 Å². The van der Waals surface area contributed by atoms with Crippen molar-refractivity contribution in [2.45, 2.75) is 20.0 Å². The fraction of sp³-hybridized carbons (Fsp3) is 0.357. The van der Waals surface area contributed by atoms with E-state index in [2.05, 4.69) is 4.98 Å². The number of nitrogens with zero attached hydrogens (tertiary/aromatic N) is 1. The molecule has 0 saturated carbocycles. The van der Waals surface area contributed by atoms with Crippen LogP contribution >= 0.6 is 11.3 Å². The molecular weight excluding hydrogens is 260 g/mol. The van der Waals surface area contributed by atoms with E-state index < -0.39 is 0 Å². The van der Waals surface area contributed by atoms with Crippen molar-refractivity contribution in [2.24, 2.45) is 5.73 Å². The van der Waals surface area contributed by atoms with Gasteiger partial charge in [-0.3, -0.25) is 0 Å². The van der Waals surface area contributed by atoms with Crippen LogP contribution in [0.2, 0.25) is 0 Å². The smallest absolute Gasteiger partial charge is 0.161 e. The fourth-order valence-corrected chi connectivity index (χ4v) is 2.27. The summed E-state index contributed by atoms with van der Waals surface area (Å²) in [6.07, 6.45) is 0.840. The summed E-state index contributed by atoms with van der Waals surface area (Å²) in [6, 6.07) is 5.95. The van der Waals surface area contributed by atoms with E-state index in [1.165, 1.54) is 0 Å². The SMILES string of the molecule is CCOc1cc(CCN)ccc1OCc1cscn1. The van der Waals surface area contributed by atoms with Crippen molar-refractivity contribution in [3.63, 3.8) is 0 Å². The molecular formula is C14H18N2O2S. The summed E-state index contributed by atoms with van der Waals surface area (Å²) in [5.74, 6) is 1.51. The topological polar surface area (TPSA) is 57.4 Å². The Balaban J connectivity index is 2.09. The molecule has 0 radical (unpaired) electrons. The van der Waals surface area contributed by atoms with Gasteiger partial charge in [0, 0.05) is 5.38 Å². The Kier molecular flexibility index (Phi) is 5.18. The Bertz CT molecular complexity index is 500. The molecule has 0 atom stereocenters. The molecule has 1 aromatic heterocycles. The average molecular weight is 278 g/mol. The molecule has 0 fully saturated rings. The number of aromatic nitrogens is 1. The summed E-state index contributed by atoms with van der Waals surface area (Å²) in [4.78, 5) is 4.19. The van der Waals surface area contributed by atoms with Gasteiger partial charge in [0.05, 0.1) is 17.8 Å². The predicted octanol–water partition coefficient (Wildman–Crippen LogP) is 2.62. The van der Waals surface area contributed by atoms with E-state index in [1.807, 2.05) is 30.5 Å². The van der Waals surface area contributed by atoms with E-state index in [9.17, 15) is 0 Å². The molecule has 19 heavy (non-hydrogen) atoms. The van der Waals surface area contributed by atoms with Crippen molar-refractivity contribution < 1.29 is 9.47 Å². The van der Waals surface area contributed by atoms with Gasteiger partial charge < -0.3 is 15.2 Å². The van der Waals surface area contributed by atoms with Gasteiger partial charge >= 0.3 is 0 Å². The summed E-state index contributed by atoms with van der Waals surface area (Å²) < 4.78 is 11.4. The molecule has 1 heterocycles. The third kappa shape index (κ3) is 3.94. The van der Waals surface area contributed by atoms with Crippen LogP contribution in [0.5, 0.6) is 11.5 Å². The molecule has 1 aromatic carbocycles. The molecule has 0 aliphatic carbocycles. The highest BCUT2D eigenvalue weighted by Gasteiger charge is 2.07. The molecule has 2 N–H and O–H groups in total. The monoisotopic (exact) mass is 278 g/mol. The van der Waals surface area contributed by atoms with Crippen LogP contribution in [0.25, 0.3) is 0 Å². The Labute approximate surface area is 117 Å².